The fourth-order valence-corrected chi connectivity index (χ4v) is 4.28. The van der Waals surface area contributed by atoms with Crippen molar-refractivity contribution < 1.29 is 9.53 Å². The van der Waals surface area contributed by atoms with E-state index in [1.165, 1.54) is 5.56 Å². The summed E-state index contributed by atoms with van der Waals surface area (Å²) in [5.41, 5.74) is 3.39. The van der Waals surface area contributed by atoms with Gasteiger partial charge in [-0.1, -0.05) is 29.8 Å². The molecule has 0 bridgehead atoms. The zero-order valence-corrected chi connectivity index (χ0v) is 18.4. The van der Waals surface area contributed by atoms with E-state index in [4.69, 9.17) is 4.74 Å². The van der Waals surface area contributed by atoms with Crippen molar-refractivity contribution in [3.05, 3.63) is 42.2 Å². The van der Waals surface area contributed by atoms with E-state index in [0.717, 1.165) is 88.8 Å². The third-order valence-electron chi connectivity index (χ3n) is 6.19. The Labute approximate surface area is 184 Å². The molecule has 2 aliphatic heterocycles. The molecule has 2 fully saturated rings. The number of aromatic nitrogens is 2. The number of morpholine rings is 1. The number of aryl methyl sites for hydroxylation is 1. The van der Waals surface area contributed by atoms with Crippen molar-refractivity contribution in [1.82, 2.24) is 20.2 Å². The highest BCUT2D eigenvalue weighted by molar-refractivity contribution is 5.78. The van der Waals surface area contributed by atoms with Gasteiger partial charge in [0.05, 0.1) is 13.2 Å². The van der Waals surface area contributed by atoms with Gasteiger partial charge in [0.25, 0.3) is 0 Å². The molecule has 2 aromatic rings. The number of piperidine rings is 1. The first-order valence-electron chi connectivity index (χ1n) is 11.4. The third kappa shape index (κ3) is 6.02. The average molecular weight is 424 g/mol. The van der Waals surface area contributed by atoms with Gasteiger partial charge in [0.15, 0.2) is 0 Å². The zero-order valence-electron chi connectivity index (χ0n) is 18.4. The molecule has 31 heavy (non-hydrogen) atoms. The van der Waals surface area contributed by atoms with Crippen LogP contribution in [0.1, 0.15) is 24.8 Å². The normalized spacial score (nSPS) is 18.2. The number of benzene rings is 1. The average Bonchev–Trinajstić information content (AvgIpc) is 2.83. The molecule has 7 nitrogen and oxygen atoms in total. The maximum Gasteiger partial charge on any atom is 0.225 e. The first-order chi connectivity index (χ1) is 15.2. The highest BCUT2D eigenvalue weighted by Crippen LogP contribution is 2.23. The van der Waals surface area contributed by atoms with Crippen molar-refractivity contribution in [3.8, 4) is 11.1 Å². The molecule has 7 heteroatoms. The zero-order chi connectivity index (χ0) is 21.5. The van der Waals surface area contributed by atoms with E-state index in [-0.39, 0.29) is 11.8 Å². The van der Waals surface area contributed by atoms with E-state index < -0.39 is 0 Å². The number of hydrogen-bond acceptors (Lipinski definition) is 6. The first kappa shape index (κ1) is 21.7. The van der Waals surface area contributed by atoms with E-state index >= 15 is 0 Å². The van der Waals surface area contributed by atoms with Gasteiger partial charge < -0.3 is 15.0 Å². The van der Waals surface area contributed by atoms with Crippen LogP contribution in [0.3, 0.4) is 0 Å². The maximum absolute atomic E-state index is 12.5. The summed E-state index contributed by atoms with van der Waals surface area (Å²) in [7, 11) is 0. The van der Waals surface area contributed by atoms with Crippen molar-refractivity contribution in [2.45, 2.75) is 26.2 Å². The van der Waals surface area contributed by atoms with Gasteiger partial charge in [-0.3, -0.25) is 9.69 Å². The number of nitrogens with one attached hydrogen (secondary N) is 1. The lowest BCUT2D eigenvalue weighted by Gasteiger charge is -2.31. The molecule has 166 valence electrons. The number of carbonyl (C=O) groups excluding carboxylic acids is 1. The molecule has 1 amide bonds. The SMILES string of the molecule is Cc1cccc(-c2cnc(N3CCC(C(=O)NCCCN4CCOCC4)CC3)nc2)c1. The summed E-state index contributed by atoms with van der Waals surface area (Å²) in [6.07, 6.45) is 6.47. The van der Waals surface area contributed by atoms with Crippen molar-refractivity contribution >= 4 is 11.9 Å². The lowest BCUT2D eigenvalue weighted by atomic mass is 9.96. The topological polar surface area (TPSA) is 70.6 Å². The molecular weight excluding hydrogens is 390 g/mol. The van der Waals surface area contributed by atoms with E-state index in [0.29, 0.717) is 0 Å². The Bertz CT molecular complexity index is 843. The second-order valence-corrected chi connectivity index (χ2v) is 8.50. The van der Waals surface area contributed by atoms with Gasteiger partial charge in [-0.25, -0.2) is 9.97 Å². The second kappa shape index (κ2) is 10.7. The number of amides is 1. The molecule has 0 atom stereocenters. The van der Waals surface area contributed by atoms with Gasteiger partial charge in [-0.05, 0) is 38.3 Å². The van der Waals surface area contributed by atoms with E-state index in [9.17, 15) is 4.79 Å². The molecule has 2 aliphatic rings. The van der Waals surface area contributed by atoms with Gasteiger partial charge in [-0.15, -0.1) is 0 Å². The summed E-state index contributed by atoms with van der Waals surface area (Å²) in [4.78, 5) is 26.3. The summed E-state index contributed by atoms with van der Waals surface area (Å²) >= 11 is 0. The molecular formula is C24H33N5O2. The van der Waals surface area contributed by atoms with Crippen LogP contribution in [0, 0.1) is 12.8 Å². The summed E-state index contributed by atoms with van der Waals surface area (Å²) in [5, 5.41) is 3.13. The Morgan fingerprint density at radius 3 is 2.55 bits per heavy atom. The molecule has 2 saturated heterocycles. The first-order valence-corrected chi connectivity index (χ1v) is 11.4. The fourth-order valence-electron chi connectivity index (χ4n) is 4.28. The number of ether oxygens (including phenoxy) is 1. The van der Waals surface area contributed by atoms with Crippen LogP contribution in [0.4, 0.5) is 5.95 Å². The molecule has 0 aliphatic carbocycles. The molecule has 4 rings (SSSR count). The number of anilines is 1. The molecule has 1 N–H and O–H groups in total. The van der Waals surface area contributed by atoms with Crippen molar-refractivity contribution in [2.24, 2.45) is 5.92 Å². The molecule has 0 saturated carbocycles. The van der Waals surface area contributed by atoms with Gasteiger partial charge in [-0.2, -0.15) is 0 Å². The summed E-state index contributed by atoms with van der Waals surface area (Å²) in [5.74, 6) is 1.03. The molecule has 3 heterocycles. The fraction of sp³-hybridized carbons (Fsp3) is 0.542. The number of carbonyl (C=O) groups is 1. The lowest BCUT2D eigenvalue weighted by molar-refractivity contribution is -0.125. The number of nitrogens with zero attached hydrogens (tertiary/aromatic N) is 4. The third-order valence-corrected chi connectivity index (χ3v) is 6.19. The van der Waals surface area contributed by atoms with Crippen LogP contribution in [-0.2, 0) is 9.53 Å². The summed E-state index contributed by atoms with van der Waals surface area (Å²) < 4.78 is 5.37. The Kier molecular flexibility index (Phi) is 7.48. The maximum atomic E-state index is 12.5. The Morgan fingerprint density at radius 2 is 1.84 bits per heavy atom. The van der Waals surface area contributed by atoms with Crippen LogP contribution in [-0.4, -0.2) is 73.3 Å². The van der Waals surface area contributed by atoms with Crippen LogP contribution in [0.25, 0.3) is 11.1 Å². The highest BCUT2D eigenvalue weighted by Gasteiger charge is 2.26. The van der Waals surface area contributed by atoms with Crippen molar-refractivity contribution in [2.75, 3.05) is 57.4 Å². The van der Waals surface area contributed by atoms with Crippen LogP contribution in [0.5, 0.6) is 0 Å². The molecule has 0 spiro atoms. The van der Waals surface area contributed by atoms with Gasteiger partial charge in [0, 0.05) is 56.6 Å². The second-order valence-electron chi connectivity index (χ2n) is 8.50. The Hall–Kier alpha value is -2.51. The van der Waals surface area contributed by atoms with Crippen molar-refractivity contribution in [1.29, 1.82) is 0 Å². The Balaban J connectivity index is 1.19. The minimum Gasteiger partial charge on any atom is -0.379 e. The number of hydrogen-bond donors (Lipinski definition) is 1. The highest BCUT2D eigenvalue weighted by atomic mass is 16.5. The van der Waals surface area contributed by atoms with Crippen LogP contribution < -0.4 is 10.2 Å². The minimum absolute atomic E-state index is 0.0891. The largest absolute Gasteiger partial charge is 0.379 e. The summed E-state index contributed by atoms with van der Waals surface area (Å²) in [6.45, 7) is 9.14. The van der Waals surface area contributed by atoms with Gasteiger partial charge in [0.2, 0.25) is 11.9 Å². The van der Waals surface area contributed by atoms with Crippen LogP contribution >= 0.6 is 0 Å². The van der Waals surface area contributed by atoms with Gasteiger partial charge in [0.1, 0.15) is 0 Å². The summed E-state index contributed by atoms with van der Waals surface area (Å²) in [6, 6.07) is 8.36. The smallest absolute Gasteiger partial charge is 0.225 e. The van der Waals surface area contributed by atoms with E-state index in [2.05, 4.69) is 56.3 Å². The minimum atomic E-state index is 0.0891. The molecule has 1 aromatic heterocycles. The monoisotopic (exact) mass is 423 g/mol. The standard InChI is InChI=1S/C24H33N5O2/c1-19-4-2-5-21(16-19)22-17-26-24(27-18-22)29-10-6-20(7-11-29)23(30)25-8-3-9-28-12-14-31-15-13-28/h2,4-5,16-18,20H,3,6-15H2,1H3,(H,25,30). The molecule has 1 aromatic carbocycles. The van der Waals surface area contributed by atoms with E-state index in [1.54, 1.807) is 0 Å². The predicted octanol–water partition coefficient (Wildman–Crippen LogP) is 2.51. The van der Waals surface area contributed by atoms with Crippen LogP contribution in [0.2, 0.25) is 0 Å². The number of rotatable bonds is 7. The Morgan fingerprint density at radius 1 is 1.10 bits per heavy atom. The quantitative estimate of drug-likeness (QED) is 0.690. The van der Waals surface area contributed by atoms with Crippen LogP contribution in [0.15, 0.2) is 36.7 Å². The predicted molar refractivity (Wildman–Crippen MR) is 122 cm³/mol. The van der Waals surface area contributed by atoms with E-state index in [1.807, 2.05) is 12.4 Å². The molecule has 0 unspecified atom stereocenters. The lowest BCUT2D eigenvalue weighted by Crippen LogP contribution is -2.42. The van der Waals surface area contributed by atoms with Crippen molar-refractivity contribution in [3.63, 3.8) is 0 Å². The van der Waals surface area contributed by atoms with Gasteiger partial charge >= 0.3 is 0 Å². The molecule has 0 radical (unpaired) electrons.